The molecule has 4 aliphatic rings. The van der Waals surface area contributed by atoms with Gasteiger partial charge >= 0.3 is 12.1 Å². The molecule has 0 aromatic carbocycles. The summed E-state index contributed by atoms with van der Waals surface area (Å²) in [6, 6.07) is -0.195. The number of Topliss-reactive ketones (excluding diaryl/α,β-unsaturated/α-hetero) is 1. The number of esters is 1. The fraction of sp³-hybridized carbons (Fsp3) is 0.900. The van der Waals surface area contributed by atoms with Gasteiger partial charge in [-0.25, -0.2) is 4.79 Å². The average Bonchev–Trinajstić information content (AvgIpc) is 3.38. The zero-order valence-corrected chi connectivity index (χ0v) is 26.1. The van der Waals surface area contributed by atoms with E-state index in [1.54, 1.807) is 13.8 Å². The Morgan fingerprint density at radius 3 is 2.32 bits per heavy atom. The Morgan fingerprint density at radius 2 is 1.71 bits per heavy atom. The molecule has 0 aromatic rings. The zero-order valence-electron chi connectivity index (χ0n) is 26.1. The van der Waals surface area contributed by atoms with Crippen LogP contribution in [-0.2, 0) is 38.0 Å². The molecule has 4 heterocycles. The van der Waals surface area contributed by atoms with Crippen molar-refractivity contribution in [2.24, 2.45) is 23.7 Å². The number of rotatable bonds is 5. The number of hydrogen-bond acceptors (Lipinski definition) is 11. The molecule has 0 aliphatic carbocycles. The first-order chi connectivity index (χ1) is 19.0. The summed E-state index contributed by atoms with van der Waals surface area (Å²) in [7, 11) is 3.80. The molecule has 4 rings (SSSR count). The largest absolute Gasteiger partial charge is 0.509 e. The number of ketones is 1. The monoisotopic (exact) mass is 583 g/mol. The fourth-order valence-corrected chi connectivity index (χ4v) is 7.67. The number of carbonyl (C=O) groups excluding carboxylic acids is 3. The molecule has 0 aromatic heterocycles. The molecule has 1 N–H and O–H groups in total. The van der Waals surface area contributed by atoms with E-state index in [1.807, 2.05) is 46.7 Å². The van der Waals surface area contributed by atoms with Crippen molar-refractivity contribution < 1.29 is 47.9 Å². The molecular formula is C30H49NO10. The molecule has 14 atom stereocenters. The van der Waals surface area contributed by atoms with Gasteiger partial charge in [0.05, 0.1) is 23.9 Å². The summed E-state index contributed by atoms with van der Waals surface area (Å²) in [6.07, 6.45) is -4.08. The number of ether oxygens (including phenoxy) is 6. The van der Waals surface area contributed by atoms with Gasteiger partial charge in [0.1, 0.15) is 24.2 Å². The number of nitrogens with zero attached hydrogens (tertiary/aromatic N) is 1. The molecule has 4 saturated heterocycles. The Labute approximate surface area is 243 Å². The SMILES string of the molecule is CC[C@H]1OC(=O)O[C@@]1(C)[C@@H]1OC(=O)[C@H](C)C(=O)[C@H](C)[C@@H](O[C@@H]2OC(C)CC(N(C)C)C2O)C2(C)CC(C)C(O2)[C@@H]1C. The van der Waals surface area contributed by atoms with Gasteiger partial charge in [-0.2, -0.15) is 0 Å². The lowest BCUT2D eigenvalue weighted by Gasteiger charge is -2.45. The summed E-state index contributed by atoms with van der Waals surface area (Å²) < 4.78 is 36.6. The zero-order chi connectivity index (χ0) is 30.6. The predicted octanol–water partition coefficient (Wildman–Crippen LogP) is 3.09. The minimum atomic E-state index is -1.27. The Balaban J connectivity index is 1.73. The van der Waals surface area contributed by atoms with Gasteiger partial charge in [-0.05, 0) is 67.0 Å². The Kier molecular flexibility index (Phi) is 9.18. The first-order valence-corrected chi connectivity index (χ1v) is 15.0. The second kappa shape index (κ2) is 11.7. The van der Waals surface area contributed by atoms with Crippen molar-refractivity contribution in [3.63, 3.8) is 0 Å². The van der Waals surface area contributed by atoms with Gasteiger partial charge in [-0.15, -0.1) is 0 Å². The highest BCUT2D eigenvalue weighted by molar-refractivity contribution is 6.00. The van der Waals surface area contributed by atoms with Crippen molar-refractivity contribution in [1.82, 2.24) is 4.90 Å². The van der Waals surface area contributed by atoms with Crippen LogP contribution in [-0.4, -0.2) is 102 Å². The van der Waals surface area contributed by atoms with Crippen molar-refractivity contribution in [1.29, 1.82) is 0 Å². The van der Waals surface area contributed by atoms with E-state index in [-0.39, 0.29) is 23.8 Å². The highest BCUT2D eigenvalue weighted by Gasteiger charge is 2.61. The Bertz CT molecular complexity index is 1010. The minimum Gasteiger partial charge on any atom is -0.457 e. The summed E-state index contributed by atoms with van der Waals surface area (Å²) in [5, 5.41) is 11.2. The van der Waals surface area contributed by atoms with Crippen LogP contribution in [0.2, 0.25) is 0 Å². The van der Waals surface area contributed by atoms with E-state index in [0.717, 1.165) is 0 Å². The Hall–Kier alpha value is -1.79. The van der Waals surface area contributed by atoms with Crippen LogP contribution in [0, 0.1) is 23.7 Å². The lowest BCUT2D eigenvalue weighted by molar-refractivity contribution is -0.295. The first-order valence-electron chi connectivity index (χ1n) is 15.0. The third kappa shape index (κ3) is 5.77. The standard InChI is InChI=1S/C30H49NO10/c1-11-20-30(8,41-28(35)37-20)25-18(6)23-14(2)13-29(7,40-23)24(16(4)21(32)17(5)26(34)38-25)39-27-22(33)19(31(9)10)12-15(3)36-27/h14-20,22-25,27,33H,11-13H2,1-10H3/t14?,15?,16-,17+,18-,19?,20+,22?,23?,24+,25+,27-,29?,30+/m0/s1. The highest BCUT2D eigenvalue weighted by atomic mass is 16.8. The lowest BCUT2D eigenvalue weighted by Crippen LogP contribution is -2.58. The smallest absolute Gasteiger partial charge is 0.457 e. The van der Waals surface area contributed by atoms with Gasteiger partial charge in [-0.3, -0.25) is 9.59 Å². The summed E-state index contributed by atoms with van der Waals surface area (Å²) >= 11 is 0. The van der Waals surface area contributed by atoms with Crippen molar-refractivity contribution in [2.75, 3.05) is 14.1 Å². The molecule has 0 amide bonds. The molecule has 11 nitrogen and oxygen atoms in total. The molecule has 0 spiro atoms. The van der Waals surface area contributed by atoms with Gasteiger partial charge in [0.15, 0.2) is 17.7 Å². The highest BCUT2D eigenvalue weighted by Crippen LogP contribution is 2.48. The summed E-state index contributed by atoms with van der Waals surface area (Å²) in [6.45, 7) is 14.6. The van der Waals surface area contributed by atoms with Crippen LogP contribution in [0.1, 0.15) is 74.7 Å². The maximum Gasteiger partial charge on any atom is 0.509 e. The number of aliphatic hydroxyl groups excluding tert-OH is 1. The van der Waals surface area contributed by atoms with Crippen LogP contribution >= 0.6 is 0 Å². The summed E-state index contributed by atoms with van der Waals surface area (Å²) in [5.41, 5.74) is -2.21. The third-order valence-corrected chi connectivity index (χ3v) is 9.89. The van der Waals surface area contributed by atoms with E-state index in [1.165, 1.54) is 6.92 Å². The van der Waals surface area contributed by atoms with Crippen LogP contribution in [0.4, 0.5) is 4.79 Å². The lowest BCUT2D eigenvalue weighted by atomic mass is 9.76. The van der Waals surface area contributed by atoms with E-state index in [4.69, 9.17) is 28.4 Å². The average molecular weight is 584 g/mol. The maximum atomic E-state index is 13.9. The molecule has 234 valence electrons. The van der Waals surface area contributed by atoms with Crippen LogP contribution in [0.25, 0.3) is 0 Å². The van der Waals surface area contributed by atoms with E-state index in [2.05, 4.69) is 6.92 Å². The van der Waals surface area contributed by atoms with Gasteiger partial charge in [0, 0.05) is 17.9 Å². The van der Waals surface area contributed by atoms with Crippen molar-refractivity contribution in [3.8, 4) is 0 Å². The van der Waals surface area contributed by atoms with Crippen LogP contribution < -0.4 is 0 Å². The summed E-state index contributed by atoms with van der Waals surface area (Å²) in [4.78, 5) is 41.6. The van der Waals surface area contributed by atoms with Gasteiger partial charge in [0.2, 0.25) is 0 Å². The molecule has 6 unspecified atom stereocenters. The van der Waals surface area contributed by atoms with Crippen LogP contribution in [0.3, 0.4) is 0 Å². The second-order valence-electron chi connectivity index (χ2n) is 13.4. The van der Waals surface area contributed by atoms with Gasteiger partial charge in [-0.1, -0.05) is 27.7 Å². The quantitative estimate of drug-likeness (QED) is 0.379. The fourth-order valence-electron chi connectivity index (χ4n) is 7.67. The number of hydrogen-bond donors (Lipinski definition) is 1. The summed E-state index contributed by atoms with van der Waals surface area (Å²) in [5.74, 6) is -3.41. The number of fused-ring (bicyclic) bond motifs is 2. The number of carbonyl (C=O) groups is 3. The number of aliphatic hydroxyl groups is 1. The molecule has 41 heavy (non-hydrogen) atoms. The predicted molar refractivity (Wildman–Crippen MR) is 147 cm³/mol. The molecule has 4 fully saturated rings. The first kappa shape index (κ1) is 32.1. The van der Waals surface area contributed by atoms with E-state index >= 15 is 0 Å². The molecular weight excluding hydrogens is 534 g/mol. The minimum absolute atomic E-state index is 0.0196. The van der Waals surface area contributed by atoms with Gasteiger partial charge in [0.25, 0.3) is 0 Å². The molecule has 0 radical (unpaired) electrons. The normalized spacial score (nSPS) is 49.3. The maximum absolute atomic E-state index is 13.9. The molecule has 4 aliphatic heterocycles. The number of cyclic esters (lactones) is 3. The van der Waals surface area contributed by atoms with Crippen molar-refractivity contribution in [3.05, 3.63) is 0 Å². The topological polar surface area (TPSA) is 130 Å². The molecule has 11 heteroatoms. The van der Waals surface area contributed by atoms with E-state index in [9.17, 15) is 19.5 Å². The molecule has 2 bridgehead atoms. The Morgan fingerprint density at radius 1 is 1.05 bits per heavy atom. The second-order valence-corrected chi connectivity index (χ2v) is 13.4. The van der Waals surface area contributed by atoms with Crippen LogP contribution in [0.15, 0.2) is 0 Å². The van der Waals surface area contributed by atoms with Crippen molar-refractivity contribution in [2.45, 2.75) is 135 Å². The van der Waals surface area contributed by atoms with Gasteiger partial charge < -0.3 is 38.4 Å². The number of likely N-dealkylation sites (N-methyl/N-ethyl adjacent to an activating group) is 1. The third-order valence-electron chi connectivity index (χ3n) is 9.89. The molecule has 0 saturated carbocycles. The van der Waals surface area contributed by atoms with E-state index in [0.29, 0.717) is 19.3 Å². The van der Waals surface area contributed by atoms with Crippen molar-refractivity contribution >= 4 is 17.9 Å². The van der Waals surface area contributed by atoms with E-state index < -0.39 is 77.9 Å². The van der Waals surface area contributed by atoms with Crippen LogP contribution in [0.5, 0.6) is 0 Å².